The van der Waals surface area contributed by atoms with Gasteiger partial charge in [-0.15, -0.1) is 0 Å². The minimum absolute atomic E-state index is 0.122. The van der Waals surface area contributed by atoms with Crippen molar-refractivity contribution >= 4 is 5.97 Å². The zero-order valence-corrected chi connectivity index (χ0v) is 17.1. The molecule has 3 heteroatoms. The third-order valence-corrected chi connectivity index (χ3v) is 7.65. The number of carbonyl (C=O) groups excluding carboxylic acids is 1. The van der Waals surface area contributed by atoms with E-state index in [0.29, 0.717) is 0 Å². The molecule has 0 N–H and O–H groups in total. The van der Waals surface area contributed by atoms with E-state index in [2.05, 4.69) is 38.7 Å². The molecule has 0 aromatic heterocycles. The van der Waals surface area contributed by atoms with Crippen LogP contribution in [-0.4, -0.2) is 11.6 Å². The van der Waals surface area contributed by atoms with Crippen LogP contribution in [0, 0.1) is 17.3 Å². The molecule has 0 unspecified atom stereocenters. The van der Waals surface area contributed by atoms with E-state index in [1.165, 1.54) is 11.1 Å². The number of esters is 1. The number of carbonyl (C=O) groups is 1. The van der Waals surface area contributed by atoms with Gasteiger partial charge >= 0.3 is 5.97 Å². The maximum atomic E-state index is 12.9. The molecule has 28 heavy (non-hydrogen) atoms. The molecule has 2 spiro atoms. The van der Waals surface area contributed by atoms with Gasteiger partial charge in [-0.2, -0.15) is 0 Å². The number of hydrogen-bond acceptors (Lipinski definition) is 3. The van der Waals surface area contributed by atoms with Gasteiger partial charge in [-0.3, -0.25) is 0 Å². The van der Waals surface area contributed by atoms with Crippen LogP contribution in [0.25, 0.3) is 0 Å². The van der Waals surface area contributed by atoms with Crippen LogP contribution in [0.4, 0.5) is 0 Å². The molecule has 6 aliphatic rings. The molecule has 6 rings (SSSR count). The van der Waals surface area contributed by atoms with Crippen LogP contribution in [0.2, 0.25) is 0 Å². The molecule has 3 nitrogen and oxygen atoms in total. The average Bonchev–Trinajstić information content (AvgIpc) is 3.16. The number of allylic oxidation sites excluding steroid dienone is 4. The normalized spacial score (nSPS) is 39.4. The summed E-state index contributed by atoms with van der Waals surface area (Å²) in [4.78, 5) is 12.9. The second kappa shape index (κ2) is 6.23. The minimum atomic E-state index is -0.492. The molecule has 0 amide bonds. The Morgan fingerprint density at radius 2 is 2.18 bits per heavy atom. The molecule has 2 aliphatic heterocycles. The zero-order valence-electron chi connectivity index (χ0n) is 17.1. The first kappa shape index (κ1) is 18.0. The number of ether oxygens (including phenoxy) is 2. The van der Waals surface area contributed by atoms with Crippen LogP contribution >= 0.6 is 0 Å². The molecule has 4 aliphatic carbocycles. The van der Waals surface area contributed by atoms with E-state index >= 15 is 0 Å². The summed E-state index contributed by atoms with van der Waals surface area (Å²) in [6, 6.07) is 0. The fraction of sp³-hybridized carbons (Fsp3) is 0.560. The van der Waals surface area contributed by atoms with Gasteiger partial charge in [0.1, 0.15) is 17.1 Å². The van der Waals surface area contributed by atoms with Gasteiger partial charge < -0.3 is 9.47 Å². The molecule has 2 fully saturated rings. The van der Waals surface area contributed by atoms with Gasteiger partial charge in [0.2, 0.25) is 0 Å². The number of hydrogen-bond donors (Lipinski definition) is 0. The predicted octanol–water partition coefficient (Wildman–Crippen LogP) is 5.91. The van der Waals surface area contributed by atoms with Crippen molar-refractivity contribution in [2.24, 2.45) is 17.3 Å². The monoisotopic (exact) mass is 378 g/mol. The largest absolute Gasteiger partial charge is 0.461 e. The molecule has 2 bridgehead atoms. The third kappa shape index (κ3) is 2.03. The Morgan fingerprint density at radius 1 is 1.32 bits per heavy atom. The molecule has 1 saturated heterocycles. The second-order valence-electron chi connectivity index (χ2n) is 8.94. The highest BCUT2D eigenvalue weighted by Gasteiger charge is 2.70. The van der Waals surface area contributed by atoms with Crippen molar-refractivity contribution in [3.8, 4) is 0 Å². The lowest BCUT2D eigenvalue weighted by Gasteiger charge is -2.58. The minimum Gasteiger partial charge on any atom is -0.461 e. The average molecular weight is 379 g/mol. The summed E-state index contributed by atoms with van der Waals surface area (Å²) >= 11 is 0. The fourth-order valence-corrected chi connectivity index (χ4v) is 6.68. The third-order valence-electron chi connectivity index (χ3n) is 7.65. The van der Waals surface area contributed by atoms with Crippen molar-refractivity contribution in [2.45, 2.75) is 70.8 Å². The van der Waals surface area contributed by atoms with Gasteiger partial charge in [0.25, 0.3) is 0 Å². The first-order chi connectivity index (χ1) is 13.6. The summed E-state index contributed by atoms with van der Waals surface area (Å²) in [6.07, 6.45) is 17.0. The Bertz CT molecular complexity index is 870. The van der Waals surface area contributed by atoms with Crippen molar-refractivity contribution in [2.75, 3.05) is 0 Å². The van der Waals surface area contributed by atoms with E-state index in [-0.39, 0.29) is 23.2 Å². The van der Waals surface area contributed by atoms with E-state index in [1.54, 1.807) is 0 Å². The van der Waals surface area contributed by atoms with Crippen LogP contribution in [0.5, 0.6) is 0 Å². The molecule has 4 atom stereocenters. The molecule has 0 radical (unpaired) electrons. The Hall–Kier alpha value is -2.03. The summed E-state index contributed by atoms with van der Waals surface area (Å²) in [5, 5.41) is 0. The van der Waals surface area contributed by atoms with Crippen molar-refractivity contribution in [3.05, 3.63) is 59.1 Å². The van der Waals surface area contributed by atoms with E-state index in [0.717, 1.165) is 68.5 Å². The maximum absolute atomic E-state index is 12.9. The molecule has 0 aromatic rings. The lowest BCUT2D eigenvalue weighted by atomic mass is 9.46. The van der Waals surface area contributed by atoms with Crippen LogP contribution in [0.3, 0.4) is 0 Å². The summed E-state index contributed by atoms with van der Waals surface area (Å²) in [5.74, 6) is 2.22. The summed E-state index contributed by atoms with van der Waals surface area (Å²) in [6.45, 7) is 8.69. The van der Waals surface area contributed by atoms with Crippen molar-refractivity contribution in [1.82, 2.24) is 0 Å². The number of rotatable bonds is 4. The van der Waals surface area contributed by atoms with Gasteiger partial charge in [-0.1, -0.05) is 51.5 Å². The molecular weight excluding hydrogens is 348 g/mol. The molecular formula is C25H30O3. The lowest BCUT2D eigenvalue weighted by molar-refractivity contribution is -0.170. The quantitative estimate of drug-likeness (QED) is 0.571. The van der Waals surface area contributed by atoms with Crippen LogP contribution in [0.15, 0.2) is 59.1 Å². The second-order valence-corrected chi connectivity index (χ2v) is 8.94. The van der Waals surface area contributed by atoms with Crippen molar-refractivity contribution in [3.63, 3.8) is 0 Å². The summed E-state index contributed by atoms with van der Waals surface area (Å²) in [5.41, 5.74) is 2.68. The van der Waals surface area contributed by atoms with Gasteiger partial charge in [-0.25, -0.2) is 4.79 Å². The van der Waals surface area contributed by atoms with Crippen molar-refractivity contribution < 1.29 is 14.3 Å². The van der Waals surface area contributed by atoms with E-state index in [1.807, 2.05) is 6.08 Å². The number of unbranched alkanes of at least 4 members (excludes halogenated alkanes) is 1. The van der Waals surface area contributed by atoms with Gasteiger partial charge in [0.05, 0.1) is 11.0 Å². The first-order valence-electron chi connectivity index (χ1n) is 11.0. The van der Waals surface area contributed by atoms with E-state index in [4.69, 9.17) is 9.47 Å². The molecule has 2 heterocycles. The Kier molecular flexibility index (Phi) is 4.01. The summed E-state index contributed by atoms with van der Waals surface area (Å²) in [7, 11) is 0. The van der Waals surface area contributed by atoms with Crippen LogP contribution in [0.1, 0.15) is 65.2 Å². The first-order valence-corrected chi connectivity index (χ1v) is 11.0. The molecule has 0 aromatic carbocycles. The Labute approximate surface area is 167 Å². The van der Waals surface area contributed by atoms with Gasteiger partial charge in [0, 0.05) is 17.4 Å². The van der Waals surface area contributed by atoms with Gasteiger partial charge in [-0.05, 0) is 50.2 Å². The topological polar surface area (TPSA) is 35.5 Å². The molecule has 148 valence electrons. The molecule has 1 saturated carbocycles. The lowest BCUT2D eigenvalue weighted by Crippen LogP contribution is -2.60. The highest BCUT2D eigenvalue weighted by molar-refractivity contribution is 5.96. The number of fused-ring (bicyclic) bond motifs is 1. The maximum Gasteiger partial charge on any atom is 0.339 e. The fourth-order valence-electron chi connectivity index (χ4n) is 6.68. The SMILES string of the molecule is C=C1O/C(=C\CCC)[C@]23CC[C@@H](C=C12)[C@@]1(OC(=O)C2=C1CCC=C2)[C@@H]3CCC. The van der Waals surface area contributed by atoms with Crippen LogP contribution in [-0.2, 0) is 14.3 Å². The van der Waals surface area contributed by atoms with Crippen molar-refractivity contribution in [1.29, 1.82) is 0 Å². The summed E-state index contributed by atoms with van der Waals surface area (Å²) < 4.78 is 12.7. The predicted molar refractivity (Wildman–Crippen MR) is 109 cm³/mol. The van der Waals surface area contributed by atoms with E-state index < -0.39 is 5.60 Å². The smallest absolute Gasteiger partial charge is 0.339 e. The standard InChI is InChI=1S/C25H30O3/c1-4-6-12-22-24-14-13-17(15-20(24)16(3)27-22)25(21(24)9-5-2)19-11-8-7-10-18(19)23(26)28-25/h7,10,12,15,17,21H,3-6,8-9,11,13-14H2,1-2H3/b22-12-/t17-,21+,24+,25-/m0/s1. The Morgan fingerprint density at radius 3 is 2.96 bits per heavy atom. The van der Waals surface area contributed by atoms with E-state index in [9.17, 15) is 4.79 Å². The zero-order chi connectivity index (χ0) is 19.5. The van der Waals surface area contributed by atoms with Gasteiger partial charge in [0.15, 0.2) is 0 Å². The highest BCUT2D eigenvalue weighted by atomic mass is 16.6. The highest BCUT2D eigenvalue weighted by Crippen LogP contribution is 2.71. The Balaban J connectivity index is 1.74. The van der Waals surface area contributed by atoms with Crippen LogP contribution < -0.4 is 0 Å².